The molecule has 20 heavy (non-hydrogen) atoms. The van der Waals surface area contributed by atoms with Gasteiger partial charge in [-0.05, 0) is 24.5 Å². The maximum absolute atomic E-state index is 11.5. The molecule has 1 N–H and O–H groups in total. The average molecular weight is 270 g/mol. The maximum Gasteiger partial charge on any atom is 0.336 e. The van der Waals surface area contributed by atoms with Gasteiger partial charge >= 0.3 is 5.97 Å². The van der Waals surface area contributed by atoms with Crippen LogP contribution in [-0.4, -0.2) is 29.1 Å². The van der Waals surface area contributed by atoms with Gasteiger partial charge in [-0.25, -0.2) is 9.78 Å². The number of fused-ring (bicyclic) bond motifs is 1. The minimum atomic E-state index is -0.893. The van der Waals surface area contributed by atoms with Crippen LogP contribution in [0.5, 0.6) is 0 Å². The van der Waals surface area contributed by atoms with Gasteiger partial charge in [-0.15, -0.1) is 0 Å². The van der Waals surface area contributed by atoms with Crippen molar-refractivity contribution in [3.05, 3.63) is 35.9 Å². The molecule has 1 aromatic carbocycles. The van der Waals surface area contributed by atoms with Crippen molar-refractivity contribution in [2.45, 2.75) is 19.8 Å². The number of hydrogen-bond donors (Lipinski definition) is 1. The molecule has 2 heterocycles. The van der Waals surface area contributed by atoms with E-state index >= 15 is 0 Å². The number of pyridine rings is 1. The lowest BCUT2D eigenvalue weighted by atomic mass is 10.1. The molecule has 0 bridgehead atoms. The number of nitrogens with zero attached hydrogens (tertiary/aromatic N) is 2. The fraction of sp³-hybridized carbons (Fsp3) is 0.375. The van der Waals surface area contributed by atoms with Gasteiger partial charge in [0, 0.05) is 18.5 Å². The first-order valence-corrected chi connectivity index (χ1v) is 7.07. The second kappa shape index (κ2) is 5.12. The topological polar surface area (TPSA) is 53.4 Å². The van der Waals surface area contributed by atoms with Gasteiger partial charge in [-0.3, -0.25) is 0 Å². The van der Waals surface area contributed by atoms with E-state index in [4.69, 9.17) is 0 Å². The van der Waals surface area contributed by atoms with Crippen molar-refractivity contribution in [2.24, 2.45) is 5.92 Å². The zero-order valence-corrected chi connectivity index (χ0v) is 11.5. The van der Waals surface area contributed by atoms with E-state index in [9.17, 15) is 9.90 Å². The lowest BCUT2D eigenvalue weighted by molar-refractivity contribution is 0.0699. The third-order valence-corrected chi connectivity index (χ3v) is 4.12. The van der Waals surface area contributed by atoms with Gasteiger partial charge in [-0.1, -0.05) is 31.5 Å². The van der Waals surface area contributed by atoms with Gasteiger partial charge < -0.3 is 10.0 Å². The Labute approximate surface area is 118 Å². The molecular formula is C16H18N2O2. The van der Waals surface area contributed by atoms with Crippen molar-refractivity contribution in [2.75, 3.05) is 18.0 Å². The molecule has 2 aromatic rings. The van der Waals surface area contributed by atoms with E-state index < -0.39 is 5.97 Å². The van der Waals surface area contributed by atoms with Crippen LogP contribution < -0.4 is 4.90 Å². The lowest BCUT2D eigenvalue weighted by Gasteiger charge is -2.18. The highest BCUT2D eigenvalue weighted by atomic mass is 16.4. The molecule has 1 aromatic heterocycles. The molecule has 3 rings (SSSR count). The molecule has 1 fully saturated rings. The van der Waals surface area contributed by atoms with Crippen molar-refractivity contribution < 1.29 is 9.90 Å². The minimum Gasteiger partial charge on any atom is -0.478 e. The van der Waals surface area contributed by atoms with Gasteiger partial charge in [0.05, 0.1) is 11.1 Å². The number of benzene rings is 1. The molecule has 4 heteroatoms. The van der Waals surface area contributed by atoms with Crippen LogP contribution in [0.4, 0.5) is 5.82 Å². The highest BCUT2D eigenvalue weighted by molar-refractivity contribution is 6.03. The molecule has 0 saturated carbocycles. The smallest absolute Gasteiger partial charge is 0.336 e. The number of anilines is 1. The minimum absolute atomic E-state index is 0.338. The summed E-state index contributed by atoms with van der Waals surface area (Å²) in [6, 6.07) is 9.14. The molecule has 0 amide bonds. The summed E-state index contributed by atoms with van der Waals surface area (Å²) in [4.78, 5) is 18.3. The standard InChI is InChI=1S/C16H18N2O2/c1-2-11-7-8-18(10-11)15-9-13(16(19)20)12-5-3-4-6-14(12)17-15/h3-6,9,11H,2,7-8,10H2,1H3,(H,19,20). The third kappa shape index (κ3) is 2.22. The molecule has 1 unspecified atom stereocenters. The maximum atomic E-state index is 11.5. The molecular weight excluding hydrogens is 252 g/mol. The van der Waals surface area contributed by atoms with Crippen LogP contribution in [0.2, 0.25) is 0 Å². The van der Waals surface area contributed by atoms with Crippen molar-refractivity contribution in [3.63, 3.8) is 0 Å². The SMILES string of the molecule is CCC1CCN(c2cc(C(=O)O)c3ccccc3n2)C1. The van der Waals surface area contributed by atoms with Crippen LogP contribution in [0, 0.1) is 5.92 Å². The number of rotatable bonds is 3. The van der Waals surface area contributed by atoms with Crippen LogP contribution in [-0.2, 0) is 0 Å². The third-order valence-electron chi connectivity index (χ3n) is 4.12. The van der Waals surface area contributed by atoms with Gasteiger partial charge in [0.2, 0.25) is 0 Å². The average Bonchev–Trinajstić information content (AvgIpc) is 2.95. The molecule has 4 nitrogen and oxygen atoms in total. The van der Waals surface area contributed by atoms with Crippen molar-refractivity contribution in [1.29, 1.82) is 0 Å². The zero-order chi connectivity index (χ0) is 14.1. The van der Waals surface area contributed by atoms with Crippen LogP contribution in [0.25, 0.3) is 10.9 Å². The Morgan fingerprint density at radius 2 is 2.25 bits per heavy atom. The van der Waals surface area contributed by atoms with E-state index in [0.29, 0.717) is 16.9 Å². The van der Waals surface area contributed by atoms with Gasteiger partial charge in [-0.2, -0.15) is 0 Å². The summed E-state index contributed by atoms with van der Waals surface area (Å²) < 4.78 is 0. The predicted octanol–water partition coefficient (Wildman–Crippen LogP) is 3.17. The number of carbonyl (C=O) groups is 1. The Morgan fingerprint density at radius 1 is 1.45 bits per heavy atom. The van der Waals surface area contributed by atoms with Crippen LogP contribution >= 0.6 is 0 Å². The van der Waals surface area contributed by atoms with E-state index in [1.807, 2.05) is 24.3 Å². The highest BCUT2D eigenvalue weighted by Gasteiger charge is 2.23. The number of carboxylic acid groups (broad SMARTS) is 1. The summed E-state index contributed by atoms with van der Waals surface area (Å²) in [5, 5.41) is 10.1. The Kier molecular flexibility index (Phi) is 3.30. The molecule has 0 spiro atoms. The van der Waals surface area contributed by atoms with E-state index in [1.165, 1.54) is 0 Å². The highest BCUT2D eigenvalue weighted by Crippen LogP contribution is 2.28. The summed E-state index contributed by atoms with van der Waals surface area (Å²) in [5.74, 6) is 0.588. The molecule has 0 aliphatic carbocycles. The summed E-state index contributed by atoms with van der Waals surface area (Å²) in [6.07, 6.45) is 2.32. The van der Waals surface area contributed by atoms with Gasteiger partial charge in [0.1, 0.15) is 5.82 Å². The predicted molar refractivity (Wildman–Crippen MR) is 79.3 cm³/mol. The summed E-state index contributed by atoms with van der Waals surface area (Å²) in [7, 11) is 0. The summed E-state index contributed by atoms with van der Waals surface area (Å²) in [5.41, 5.74) is 1.09. The summed E-state index contributed by atoms with van der Waals surface area (Å²) in [6.45, 7) is 4.13. The normalized spacial score (nSPS) is 18.6. The fourth-order valence-electron chi connectivity index (χ4n) is 2.87. The number of carboxylic acids is 1. The van der Waals surface area contributed by atoms with E-state index in [-0.39, 0.29) is 0 Å². The first kappa shape index (κ1) is 12.9. The second-order valence-electron chi connectivity index (χ2n) is 5.36. The first-order valence-electron chi connectivity index (χ1n) is 7.07. The van der Waals surface area contributed by atoms with Crippen molar-refractivity contribution in [1.82, 2.24) is 4.98 Å². The molecule has 1 aliphatic rings. The Balaban J connectivity index is 2.06. The fourth-order valence-corrected chi connectivity index (χ4v) is 2.87. The van der Waals surface area contributed by atoms with Gasteiger partial charge in [0.25, 0.3) is 0 Å². The van der Waals surface area contributed by atoms with E-state index in [0.717, 1.165) is 37.3 Å². The molecule has 1 aliphatic heterocycles. The first-order chi connectivity index (χ1) is 9.69. The number of aromatic nitrogens is 1. The molecule has 0 radical (unpaired) electrons. The second-order valence-corrected chi connectivity index (χ2v) is 5.36. The zero-order valence-electron chi connectivity index (χ0n) is 11.5. The summed E-state index contributed by atoms with van der Waals surface area (Å²) >= 11 is 0. The Hall–Kier alpha value is -2.10. The number of hydrogen-bond acceptors (Lipinski definition) is 3. The molecule has 104 valence electrons. The van der Waals surface area contributed by atoms with Crippen LogP contribution in [0.1, 0.15) is 30.1 Å². The van der Waals surface area contributed by atoms with E-state index in [1.54, 1.807) is 6.07 Å². The quantitative estimate of drug-likeness (QED) is 0.930. The Morgan fingerprint density at radius 3 is 2.95 bits per heavy atom. The van der Waals surface area contributed by atoms with Crippen molar-refractivity contribution in [3.8, 4) is 0 Å². The molecule has 1 atom stereocenters. The monoisotopic (exact) mass is 270 g/mol. The number of aromatic carboxylic acids is 1. The van der Waals surface area contributed by atoms with E-state index in [2.05, 4.69) is 16.8 Å². The largest absolute Gasteiger partial charge is 0.478 e. The van der Waals surface area contributed by atoms with Crippen molar-refractivity contribution >= 4 is 22.7 Å². The number of para-hydroxylation sites is 1. The lowest BCUT2D eigenvalue weighted by Crippen LogP contribution is -2.21. The van der Waals surface area contributed by atoms with Crippen LogP contribution in [0.3, 0.4) is 0 Å². The van der Waals surface area contributed by atoms with Gasteiger partial charge in [0.15, 0.2) is 0 Å². The Bertz CT molecular complexity index is 654. The van der Waals surface area contributed by atoms with Crippen LogP contribution in [0.15, 0.2) is 30.3 Å². The molecule has 1 saturated heterocycles.